The van der Waals surface area contributed by atoms with Crippen LogP contribution in [0.1, 0.15) is 39.1 Å². The summed E-state index contributed by atoms with van der Waals surface area (Å²) in [5, 5.41) is 7.01. The minimum atomic E-state index is -4.64. The van der Waals surface area contributed by atoms with Crippen LogP contribution in [-0.2, 0) is 15.8 Å². The third-order valence-electron chi connectivity index (χ3n) is 4.36. The maximum absolute atomic E-state index is 12.9. The summed E-state index contributed by atoms with van der Waals surface area (Å²) in [7, 11) is 0. The Morgan fingerprint density at radius 1 is 1.09 bits per heavy atom. The van der Waals surface area contributed by atoms with Crippen molar-refractivity contribution in [3.63, 3.8) is 0 Å². The molecule has 168 valence electrons. The number of amides is 3. The number of carbonyl (C=O) groups is 4. The smallest absolute Gasteiger partial charge is 0.347 e. The van der Waals surface area contributed by atoms with Crippen LogP contribution in [0, 0.1) is 0 Å². The van der Waals surface area contributed by atoms with Gasteiger partial charge in [0.2, 0.25) is 5.78 Å². The monoisotopic (exact) mass is 468 g/mol. The molecular formula is C20H16ClF3N4O4. The first-order chi connectivity index (χ1) is 15.0. The molecule has 3 N–H and O–H groups in total. The molecule has 1 saturated carbocycles. The molecule has 0 bridgehead atoms. The lowest BCUT2D eigenvalue weighted by molar-refractivity contribution is -0.137. The lowest BCUT2D eigenvalue weighted by Crippen LogP contribution is -2.40. The number of anilines is 1. The fourth-order valence-corrected chi connectivity index (χ4v) is 2.72. The van der Waals surface area contributed by atoms with Gasteiger partial charge in [-0.1, -0.05) is 17.7 Å². The topological polar surface area (TPSA) is 117 Å². The first-order valence-electron chi connectivity index (χ1n) is 9.30. The summed E-state index contributed by atoms with van der Waals surface area (Å²) in [5.74, 6) is -3.79. The van der Waals surface area contributed by atoms with Crippen molar-refractivity contribution >= 4 is 40.9 Å². The van der Waals surface area contributed by atoms with Gasteiger partial charge in [-0.25, -0.2) is 4.98 Å². The van der Waals surface area contributed by atoms with Crippen LogP contribution in [0.25, 0.3) is 0 Å². The highest BCUT2D eigenvalue weighted by Gasteiger charge is 2.31. The van der Waals surface area contributed by atoms with Crippen LogP contribution in [0.2, 0.25) is 5.02 Å². The van der Waals surface area contributed by atoms with E-state index >= 15 is 0 Å². The van der Waals surface area contributed by atoms with Crippen LogP contribution in [0.4, 0.5) is 19.0 Å². The molecule has 32 heavy (non-hydrogen) atoms. The van der Waals surface area contributed by atoms with Crippen LogP contribution in [0.15, 0.2) is 36.5 Å². The van der Waals surface area contributed by atoms with Crippen molar-refractivity contribution < 1.29 is 32.3 Å². The molecule has 12 heteroatoms. The van der Waals surface area contributed by atoms with Gasteiger partial charge in [0, 0.05) is 17.8 Å². The standard InChI is InChI=1S/C20H16ClF3N4O4/c21-12-7-14(18(31)26-9-15(29)19(32)27-13-4-5-13)16(25-8-12)28-17(30)10-2-1-3-11(6-10)20(22,23)24/h1-3,6-8,13H,4-5,9H2,(H,26,31)(H,27,32)(H,25,28,30). The molecule has 0 unspecified atom stereocenters. The number of pyridine rings is 1. The molecule has 1 fully saturated rings. The molecule has 1 aromatic heterocycles. The predicted octanol–water partition coefficient (Wildman–Crippen LogP) is 2.58. The molecule has 1 aliphatic rings. The second-order valence-electron chi connectivity index (χ2n) is 6.94. The number of nitrogens with zero attached hydrogens (tertiary/aromatic N) is 1. The number of hydrogen-bond acceptors (Lipinski definition) is 5. The lowest BCUT2D eigenvalue weighted by atomic mass is 10.1. The normalized spacial score (nSPS) is 13.2. The first-order valence-corrected chi connectivity index (χ1v) is 9.68. The van der Waals surface area contributed by atoms with E-state index in [9.17, 15) is 32.3 Å². The highest BCUT2D eigenvalue weighted by Crippen LogP contribution is 2.29. The minimum Gasteiger partial charge on any atom is -0.347 e. The molecule has 0 saturated heterocycles. The van der Waals surface area contributed by atoms with Gasteiger partial charge in [0.05, 0.1) is 22.7 Å². The van der Waals surface area contributed by atoms with Crippen molar-refractivity contribution in [3.8, 4) is 0 Å². The van der Waals surface area contributed by atoms with E-state index in [1.807, 2.05) is 0 Å². The SMILES string of the molecule is O=C(CNC(=O)c1cc(Cl)cnc1NC(=O)c1cccc(C(F)(F)F)c1)C(=O)NC1CC1. The lowest BCUT2D eigenvalue weighted by Gasteiger charge is -2.12. The molecule has 1 aromatic carbocycles. The predicted molar refractivity (Wildman–Crippen MR) is 107 cm³/mol. The Morgan fingerprint density at radius 2 is 1.81 bits per heavy atom. The van der Waals surface area contributed by atoms with E-state index in [0.29, 0.717) is 6.07 Å². The zero-order valence-corrected chi connectivity index (χ0v) is 17.0. The van der Waals surface area contributed by atoms with E-state index in [4.69, 9.17) is 11.6 Å². The van der Waals surface area contributed by atoms with Crippen molar-refractivity contribution in [2.45, 2.75) is 25.1 Å². The molecule has 1 heterocycles. The van der Waals surface area contributed by atoms with E-state index in [1.54, 1.807) is 0 Å². The molecule has 0 spiro atoms. The summed E-state index contributed by atoms with van der Waals surface area (Å²) < 4.78 is 38.7. The summed E-state index contributed by atoms with van der Waals surface area (Å²) in [6, 6.07) is 4.82. The van der Waals surface area contributed by atoms with Crippen LogP contribution < -0.4 is 16.0 Å². The first kappa shape index (κ1) is 23.2. The summed E-state index contributed by atoms with van der Waals surface area (Å²) >= 11 is 5.85. The van der Waals surface area contributed by atoms with Gasteiger partial charge in [0.25, 0.3) is 17.7 Å². The molecule has 0 aliphatic heterocycles. The number of hydrogen-bond donors (Lipinski definition) is 3. The largest absolute Gasteiger partial charge is 0.416 e. The zero-order chi connectivity index (χ0) is 23.5. The average Bonchev–Trinajstić information content (AvgIpc) is 3.56. The van der Waals surface area contributed by atoms with Gasteiger partial charge < -0.3 is 16.0 Å². The molecular weight excluding hydrogens is 453 g/mol. The van der Waals surface area contributed by atoms with Gasteiger partial charge in [-0.05, 0) is 37.1 Å². The van der Waals surface area contributed by atoms with Gasteiger partial charge >= 0.3 is 6.18 Å². The van der Waals surface area contributed by atoms with Crippen molar-refractivity contribution in [2.24, 2.45) is 0 Å². The fraction of sp³-hybridized carbons (Fsp3) is 0.250. The highest BCUT2D eigenvalue weighted by molar-refractivity contribution is 6.37. The van der Waals surface area contributed by atoms with Crippen molar-refractivity contribution in [1.29, 1.82) is 0 Å². The maximum Gasteiger partial charge on any atom is 0.416 e. The van der Waals surface area contributed by atoms with E-state index in [2.05, 4.69) is 20.9 Å². The number of halogens is 4. The Kier molecular flexibility index (Phi) is 6.78. The van der Waals surface area contributed by atoms with Crippen LogP contribution in [0.5, 0.6) is 0 Å². The number of nitrogens with one attached hydrogen (secondary N) is 3. The van der Waals surface area contributed by atoms with Crippen molar-refractivity contribution in [1.82, 2.24) is 15.6 Å². The fourth-order valence-electron chi connectivity index (χ4n) is 2.56. The third kappa shape index (κ3) is 6.03. The number of Topliss-reactive ketones (excluding diaryl/α,β-unsaturated/α-hetero) is 1. The second-order valence-corrected chi connectivity index (χ2v) is 7.37. The number of aromatic nitrogens is 1. The Labute approximate surface area is 184 Å². The van der Waals surface area contributed by atoms with Crippen molar-refractivity contribution in [2.75, 3.05) is 11.9 Å². The third-order valence-corrected chi connectivity index (χ3v) is 4.56. The number of ketones is 1. The number of carbonyl (C=O) groups excluding carboxylic acids is 4. The van der Waals surface area contributed by atoms with Gasteiger partial charge in [-0.15, -0.1) is 0 Å². The van der Waals surface area contributed by atoms with Gasteiger partial charge in [-0.2, -0.15) is 13.2 Å². The number of rotatable bonds is 7. The quantitative estimate of drug-likeness (QED) is 0.540. The summed E-state index contributed by atoms with van der Waals surface area (Å²) in [4.78, 5) is 52.3. The van der Waals surface area contributed by atoms with Crippen LogP contribution in [0.3, 0.4) is 0 Å². The molecule has 0 radical (unpaired) electrons. The summed E-state index contributed by atoms with van der Waals surface area (Å²) in [5.41, 5.74) is -1.57. The van der Waals surface area contributed by atoms with Crippen LogP contribution >= 0.6 is 11.6 Å². The highest BCUT2D eigenvalue weighted by atomic mass is 35.5. The van der Waals surface area contributed by atoms with Crippen molar-refractivity contribution in [3.05, 3.63) is 58.2 Å². The number of benzene rings is 1. The van der Waals surface area contributed by atoms with Gasteiger partial charge in [-0.3, -0.25) is 19.2 Å². The van der Waals surface area contributed by atoms with Gasteiger partial charge in [0.15, 0.2) is 0 Å². The Bertz CT molecular complexity index is 1090. The van der Waals surface area contributed by atoms with E-state index in [0.717, 1.165) is 43.3 Å². The molecule has 3 rings (SSSR count). The van der Waals surface area contributed by atoms with Crippen LogP contribution in [-0.4, -0.2) is 41.1 Å². The van der Waals surface area contributed by atoms with E-state index in [1.165, 1.54) is 0 Å². The average molecular weight is 469 g/mol. The van der Waals surface area contributed by atoms with E-state index < -0.39 is 41.8 Å². The Morgan fingerprint density at radius 3 is 2.47 bits per heavy atom. The second kappa shape index (κ2) is 9.35. The van der Waals surface area contributed by atoms with Gasteiger partial charge in [0.1, 0.15) is 5.82 Å². The Balaban J connectivity index is 1.71. The summed E-state index contributed by atoms with van der Waals surface area (Å²) in [6.07, 6.45) is -1.95. The molecule has 1 aliphatic carbocycles. The molecule has 2 aromatic rings. The Hall–Kier alpha value is -3.47. The zero-order valence-electron chi connectivity index (χ0n) is 16.3. The molecule has 3 amide bonds. The van der Waals surface area contributed by atoms with E-state index in [-0.39, 0.29) is 28.0 Å². The number of alkyl halides is 3. The summed E-state index contributed by atoms with van der Waals surface area (Å²) in [6.45, 7) is -0.606. The molecule has 8 nitrogen and oxygen atoms in total. The maximum atomic E-state index is 12.9. The molecule has 0 atom stereocenters. The minimum absolute atomic E-state index is 0.0306.